The first-order chi connectivity index (χ1) is 18.9. The van der Waals surface area contributed by atoms with E-state index in [-0.39, 0.29) is 30.1 Å². The minimum Gasteiger partial charge on any atom is -0.341 e. The Morgan fingerprint density at radius 2 is 1.56 bits per heavy atom. The zero-order valence-corrected chi connectivity index (χ0v) is 24.2. The molecule has 2 aromatic rings. The maximum absolute atomic E-state index is 13.9. The van der Waals surface area contributed by atoms with Gasteiger partial charge in [0.15, 0.2) is 0 Å². The normalized spacial score (nSPS) is 20.9. The Morgan fingerprint density at radius 1 is 0.949 bits per heavy atom. The highest BCUT2D eigenvalue weighted by Crippen LogP contribution is 2.26. The van der Waals surface area contributed by atoms with Gasteiger partial charge in [-0.05, 0) is 88.6 Å². The van der Waals surface area contributed by atoms with Gasteiger partial charge in [-0.3, -0.25) is 9.69 Å². The zero-order chi connectivity index (χ0) is 27.8. The lowest BCUT2D eigenvalue weighted by Gasteiger charge is -2.41. The van der Waals surface area contributed by atoms with E-state index in [0.717, 1.165) is 49.8 Å². The van der Waals surface area contributed by atoms with Crippen molar-refractivity contribution in [2.45, 2.75) is 83.0 Å². The maximum atomic E-state index is 13.9. The lowest BCUT2D eigenvalue weighted by molar-refractivity contribution is -0.134. The fourth-order valence-corrected chi connectivity index (χ4v) is 6.05. The second-order valence-corrected chi connectivity index (χ2v) is 11.3. The Balaban J connectivity index is 1.46. The fourth-order valence-electron chi connectivity index (χ4n) is 5.92. The summed E-state index contributed by atoms with van der Waals surface area (Å²) in [5.41, 5.74) is 8.14. The van der Waals surface area contributed by atoms with Crippen LogP contribution in [0, 0.1) is 0 Å². The van der Waals surface area contributed by atoms with Gasteiger partial charge in [0.1, 0.15) is 0 Å². The van der Waals surface area contributed by atoms with Gasteiger partial charge in [-0.25, -0.2) is 4.79 Å². The molecule has 39 heavy (non-hydrogen) atoms. The number of urea groups is 1. The Hall–Kier alpha value is -2.61. The van der Waals surface area contributed by atoms with Gasteiger partial charge in [0.05, 0.1) is 6.04 Å². The molecule has 4 rings (SSSR count). The number of amides is 3. The van der Waals surface area contributed by atoms with E-state index in [1.807, 2.05) is 83.1 Å². The first-order valence-corrected chi connectivity index (χ1v) is 14.9. The monoisotopic (exact) mass is 553 g/mol. The number of hydrogen-bond acceptors (Lipinski definition) is 4. The minimum atomic E-state index is -0.301. The van der Waals surface area contributed by atoms with Crippen LogP contribution in [0.15, 0.2) is 54.6 Å². The van der Waals surface area contributed by atoms with Crippen LogP contribution >= 0.6 is 11.6 Å². The lowest BCUT2D eigenvalue weighted by Crippen LogP contribution is -2.56. The molecule has 2 aromatic carbocycles. The molecule has 2 aliphatic rings. The van der Waals surface area contributed by atoms with Gasteiger partial charge < -0.3 is 20.9 Å². The molecule has 212 valence electrons. The number of halogens is 1. The molecule has 0 aromatic heterocycles. The van der Waals surface area contributed by atoms with E-state index in [4.69, 9.17) is 17.3 Å². The molecule has 8 heteroatoms. The summed E-state index contributed by atoms with van der Waals surface area (Å²) in [6.45, 7) is 6.62. The van der Waals surface area contributed by atoms with Gasteiger partial charge in [0, 0.05) is 55.0 Å². The van der Waals surface area contributed by atoms with Crippen LogP contribution in [0.3, 0.4) is 0 Å². The van der Waals surface area contributed by atoms with E-state index in [9.17, 15) is 9.59 Å². The highest BCUT2D eigenvalue weighted by atomic mass is 35.5. The average Bonchev–Trinajstić information content (AvgIpc) is 2.96. The summed E-state index contributed by atoms with van der Waals surface area (Å²) < 4.78 is 0. The summed E-state index contributed by atoms with van der Waals surface area (Å²) in [6, 6.07) is 18.0. The third-order valence-electron chi connectivity index (χ3n) is 8.28. The van der Waals surface area contributed by atoms with E-state index in [0.29, 0.717) is 43.7 Å². The molecule has 7 nitrogen and oxygen atoms in total. The Morgan fingerprint density at radius 3 is 2.15 bits per heavy atom. The molecule has 0 bridgehead atoms. The van der Waals surface area contributed by atoms with Crippen molar-refractivity contribution >= 4 is 29.2 Å². The quantitative estimate of drug-likeness (QED) is 0.454. The predicted molar refractivity (Wildman–Crippen MR) is 159 cm³/mol. The van der Waals surface area contributed by atoms with Crippen LogP contribution in [0.4, 0.5) is 10.5 Å². The molecule has 2 fully saturated rings. The van der Waals surface area contributed by atoms with Gasteiger partial charge in [0.2, 0.25) is 5.91 Å². The van der Waals surface area contributed by atoms with E-state index in [2.05, 4.69) is 5.32 Å². The third kappa shape index (κ3) is 7.74. The van der Waals surface area contributed by atoms with Crippen LogP contribution in [-0.4, -0.2) is 72.1 Å². The fraction of sp³-hybridized carbons (Fsp3) is 0.548. The predicted octanol–water partition coefficient (Wildman–Crippen LogP) is 5.07. The first-order valence-electron chi connectivity index (χ1n) is 14.6. The first kappa shape index (κ1) is 29.4. The van der Waals surface area contributed by atoms with Crippen molar-refractivity contribution in [3.8, 4) is 0 Å². The molecular formula is C31H44ClN5O2. The Bertz CT molecular complexity index is 1050. The number of nitrogens with zero attached hydrogens (tertiary/aromatic N) is 3. The van der Waals surface area contributed by atoms with Crippen LogP contribution in [0.5, 0.6) is 0 Å². The van der Waals surface area contributed by atoms with Crippen molar-refractivity contribution in [2.75, 3.05) is 31.1 Å². The van der Waals surface area contributed by atoms with Crippen molar-refractivity contribution in [3.05, 3.63) is 65.2 Å². The number of carbonyl (C=O) groups is 2. The summed E-state index contributed by atoms with van der Waals surface area (Å²) in [5, 5.41) is 4.39. The molecule has 0 unspecified atom stereocenters. The topological polar surface area (TPSA) is 81.9 Å². The number of carbonyl (C=O) groups excluding carboxylic acids is 2. The average molecular weight is 554 g/mol. The highest BCUT2D eigenvalue weighted by Gasteiger charge is 2.35. The summed E-state index contributed by atoms with van der Waals surface area (Å²) in [6.07, 6.45) is 6.08. The second-order valence-electron chi connectivity index (χ2n) is 10.9. The number of rotatable bonds is 9. The maximum Gasteiger partial charge on any atom is 0.324 e. The number of anilines is 1. The molecule has 1 atom stereocenters. The van der Waals surface area contributed by atoms with Crippen molar-refractivity contribution in [3.63, 3.8) is 0 Å². The summed E-state index contributed by atoms with van der Waals surface area (Å²) >= 11 is 6.11. The standard InChI is InChI=1S/C31H44ClN5O2/c1-3-35(4-2)31(39)37(27-8-6-5-7-9-27)28-18-20-36(21-19-28)30(38)29(22-23-10-12-24(32)13-11-23)34-26-16-14-25(33)15-17-26/h5-13,25-26,28-29,34H,3-4,14-22,33H2,1-2H3/t25?,26?,29-/m0/s1. The molecule has 1 saturated heterocycles. The number of piperidine rings is 1. The Kier molecular flexibility index (Phi) is 10.7. The number of hydrogen-bond donors (Lipinski definition) is 2. The molecule has 1 aliphatic heterocycles. The summed E-state index contributed by atoms with van der Waals surface area (Å²) in [5.74, 6) is 0.139. The number of para-hydroxylation sites is 1. The van der Waals surface area contributed by atoms with Crippen LogP contribution in [0.2, 0.25) is 5.02 Å². The zero-order valence-electron chi connectivity index (χ0n) is 23.4. The molecule has 1 aliphatic carbocycles. The van der Waals surface area contributed by atoms with Crippen LogP contribution in [0.1, 0.15) is 57.9 Å². The number of nitrogens with one attached hydrogen (secondary N) is 1. The Labute approximate surface area is 238 Å². The third-order valence-corrected chi connectivity index (χ3v) is 8.53. The van der Waals surface area contributed by atoms with E-state index >= 15 is 0 Å². The van der Waals surface area contributed by atoms with Crippen molar-refractivity contribution in [2.24, 2.45) is 5.73 Å². The summed E-state index contributed by atoms with van der Waals surface area (Å²) in [7, 11) is 0. The van der Waals surface area contributed by atoms with Crippen LogP contribution in [0.25, 0.3) is 0 Å². The minimum absolute atomic E-state index is 0.0359. The smallest absolute Gasteiger partial charge is 0.324 e. The molecule has 1 heterocycles. The van der Waals surface area contributed by atoms with Crippen molar-refractivity contribution in [1.82, 2.24) is 15.1 Å². The van der Waals surface area contributed by atoms with E-state index in [1.54, 1.807) is 0 Å². The van der Waals surface area contributed by atoms with Gasteiger partial charge in [0.25, 0.3) is 0 Å². The molecule has 0 radical (unpaired) electrons. The van der Waals surface area contributed by atoms with Gasteiger partial charge >= 0.3 is 6.03 Å². The van der Waals surface area contributed by atoms with Crippen LogP contribution in [-0.2, 0) is 11.2 Å². The van der Waals surface area contributed by atoms with Gasteiger partial charge in [-0.1, -0.05) is 41.9 Å². The van der Waals surface area contributed by atoms with Crippen molar-refractivity contribution in [1.29, 1.82) is 0 Å². The number of likely N-dealkylation sites (tertiary alicyclic amines) is 1. The molecule has 3 amide bonds. The highest BCUT2D eigenvalue weighted by molar-refractivity contribution is 6.30. The largest absolute Gasteiger partial charge is 0.341 e. The van der Waals surface area contributed by atoms with Gasteiger partial charge in [-0.2, -0.15) is 0 Å². The van der Waals surface area contributed by atoms with E-state index in [1.165, 1.54) is 0 Å². The lowest BCUT2D eigenvalue weighted by atomic mass is 9.90. The molecule has 3 N–H and O–H groups in total. The SMILES string of the molecule is CCN(CC)C(=O)N(c1ccccc1)C1CCN(C(=O)[C@H](Cc2ccc(Cl)cc2)NC2CCC(N)CC2)CC1. The van der Waals surface area contributed by atoms with Crippen LogP contribution < -0.4 is 16.0 Å². The number of benzene rings is 2. The second kappa shape index (κ2) is 14.1. The molecule has 0 spiro atoms. The molecule has 1 saturated carbocycles. The summed E-state index contributed by atoms with van der Waals surface area (Å²) in [4.78, 5) is 33.3. The van der Waals surface area contributed by atoms with Gasteiger partial charge in [-0.15, -0.1) is 0 Å². The molecular weight excluding hydrogens is 510 g/mol. The van der Waals surface area contributed by atoms with E-state index < -0.39 is 0 Å². The number of nitrogens with two attached hydrogens (primary N) is 1. The van der Waals surface area contributed by atoms with Crippen molar-refractivity contribution < 1.29 is 9.59 Å².